The molecule has 4 rings (SSSR count). The number of aromatic amines is 1. The topological polar surface area (TPSA) is 93.0 Å². The molecule has 1 fully saturated rings. The van der Waals surface area contributed by atoms with Gasteiger partial charge in [-0.25, -0.2) is 0 Å². The van der Waals surface area contributed by atoms with E-state index >= 15 is 0 Å². The van der Waals surface area contributed by atoms with Crippen molar-refractivity contribution in [3.05, 3.63) is 47.7 Å². The Kier molecular flexibility index (Phi) is 4.23. The highest BCUT2D eigenvalue weighted by atomic mass is 16.5. The molecule has 1 aliphatic heterocycles. The zero-order valence-electron chi connectivity index (χ0n) is 14.0. The summed E-state index contributed by atoms with van der Waals surface area (Å²) in [6.45, 7) is 3.13. The number of aryl methyl sites for hydroxylation is 1. The molecule has 0 bridgehead atoms. The zero-order chi connectivity index (χ0) is 17.2. The number of fused-ring (bicyclic) bond motifs is 1. The summed E-state index contributed by atoms with van der Waals surface area (Å²) in [5.41, 5.74) is 1.62. The van der Waals surface area contributed by atoms with Gasteiger partial charge in [-0.3, -0.25) is 4.79 Å². The first-order chi connectivity index (χ1) is 12.2. The largest absolute Gasteiger partial charge is 0.381 e. The van der Waals surface area contributed by atoms with Crippen LogP contribution in [0.25, 0.3) is 10.9 Å². The monoisotopic (exact) mass is 340 g/mol. The summed E-state index contributed by atoms with van der Waals surface area (Å²) in [5.74, 6) is 1.10. The molecule has 1 amide bonds. The van der Waals surface area contributed by atoms with Crippen LogP contribution in [0.3, 0.4) is 0 Å². The van der Waals surface area contributed by atoms with Gasteiger partial charge in [-0.1, -0.05) is 5.16 Å². The molecule has 1 aromatic carbocycles. The van der Waals surface area contributed by atoms with E-state index in [0.29, 0.717) is 30.5 Å². The molecule has 7 heteroatoms. The number of H-pyrrole nitrogens is 1. The Hall–Kier alpha value is -2.67. The summed E-state index contributed by atoms with van der Waals surface area (Å²) in [6, 6.07) is 7.24. The van der Waals surface area contributed by atoms with Gasteiger partial charge in [0.05, 0.1) is 0 Å². The van der Waals surface area contributed by atoms with Crippen molar-refractivity contribution in [2.45, 2.75) is 25.8 Å². The number of hydrogen-bond donors (Lipinski definition) is 2. The normalized spacial score (nSPS) is 16.8. The molecule has 1 aliphatic rings. The summed E-state index contributed by atoms with van der Waals surface area (Å²) >= 11 is 0. The summed E-state index contributed by atoms with van der Waals surface area (Å²) in [6.07, 6.45) is 3.56. The van der Waals surface area contributed by atoms with Gasteiger partial charge in [0.1, 0.15) is 6.04 Å². The number of amides is 1. The third-order valence-corrected chi connectivity index (χ3v) is 4.65. The van der Waals surface area contributed by atoms with Gasteiger partial charge in [0.25, 0.3) is 5.91 Å². The Bertz CT molecular complexity index is 879. The molecule has 1 saturated heterocycles. The highest BCUT2D eigenvalue weighted by Crippen LogP contribution is 2.29. The number of carbonyl (C=O) groups is 1. The second-order valence-electron chi connectivity index (χ2n) is 6.36. The van der Waals surface area contributed by atoms with E-state index in [-0.39, 0.29) is 17.9 Å². The maximum atomic E-state index is 12.8. The minimum absolute atomic E-state index is 0.143. The first-order valence-corrected chi connectivity index (χ1v) is 8.46. The molecule has 2 aromatic heterocycles. The minimum atomic E-state index is -0.306. The van der Waals surface area contributed by atoms with Crippen LogP contribution >= 0.6 is 0 Å². The third kappa shape index (κ3) is 3.28. The molecule has 0 saturated carbocycles. The van der Waals surface area contributed by atoms with E-state index < -0.39 is 0 Å². The predicted molar refractivity (Wildman–Crippen MR) is 91.1 cm³/mol. The lowest BCUT2D eigenvalue weighted by Gasteiger charge is -2.28. The number of benzene rings is 1. The molecule has 3 heterocycles. The Morgan fingerprint density at radius 3 is 2.92 bits per heavy atom. The van der Waals surface area contributed by atoms with Crippen molar-refractivity contribution in [2.24, 2.45) is 5.92 Å². The van der Waals surface area contributed by atoms with Crippen LogP contribution in [0.4, 0.5) is 0 Å². The Balaban J connectivity index is 1.59. The van der Waals surface area contributed by atoms with Gasteiger partial charge in [-0.2, -0.15) is 4.98 Å². The Morgan fingerprint density at radius 1 is 1.32 bits per heavy atom. The van der Waals surface area contributed by atoms with E-state index in [0.717, 1.165) is 23.7 Å². The van der Waals surface area contributed by atoms with E-state index in [1.165, 1.54) is 0 Å². The maximum absolute atomic E-state index is 12.8. The average Bonchev–Trinajstić information content (AvgIpc) is 3.28. The predicted octanol–water partition coefficient (Wildman–Crippen LogP) is 2.76. The lowest BCUT2D eigenvalue weighted by Crippen LogP contribution is -2.36. The van der Waals surface area contributed by atoms with Gasteiger partial charge in [0.15, 0.2) is 5.82 Å². The second-order valence-corrected chi connectivity index (χ2v) is 6.36. The van der Waals surface area contributed by atoms with Crippen molar-refractivity contribution >= 4 is 16.8 Å². The molecule has 25 heavy (non-hydrogen) atoms. The molecule has 0 radical (unpaired) electrons. The van der Waals surface area contributed by atoms with E-state index in [4.69, 9.17) is 9.26 Å². The Labute approximate surface area is 144 Å². The molecular formula is C18H20N4O3. The average molecular weight is 340 g/mol. The van der Waals surface area contributed by atoms with Crippen LogP contribution in [0.2, 0.25) is 0 Å². The van der Waals surface area contributed by atoms with Crippen molar-refractivity contribution in [3.63, 3.8) is 0 Å². The molecular weight excluding hydrogens is 320 g/mol. The van der Waals surface area contributed by atoms with Gasteiger partial charge >= 0.3 is 0 Å². The summed E-state index contributed by atoms with van der Waals surface area (Å²) in [4.78, 5) is 20.3. The van der Waals surface area contributed by atoms with Crippen molar-refractivity contribution in [1.82, 2.24) is 20.4 Å². The molecule has 3 aromatic rings. The van der Waals surface area contributed by atoms with Gasteiger partial charge in [0, 0.05) is 35.9 Å². The van der Waals surface area contributed by atoms with Gasteiger partial charge in [0.2, 0.25) is 5.89 Å². The zero-order valence-corrected chi connectivity index (χ0v) is 14.0. The van der Waals surface area contributed by atoms with Crippen LogP contribution in [0.15, 0.2) is 35.0 Å². The van der Waals surface area contributed by atoms with E-state index in [2.05, 4.69) is 20.4 Å². The fourth-order valence-electron chi connectivity index (χ4n) is 3.29. The Morgan fingerprint density at radius 2 is 2.16 bits per heavy atom. The van der Waals surface area contributed by atoms with Crippen LogP contribution in [-0.4, -0.2) is 34.2 Å². The van der Waals surface area contributed by atoms with Crippen molar-refractivity contribution in [1.29, 1.82) is 0 Å². The second kappa shape index (κ2) is 6.68. The number of nitrogens with zero attached hydrogens (tertiary/aromatic N) is 2. The quantitative estimate of drug-likeness (QED) is 0.762. The number of nitrogens with one attached hydrogen (secondary N) is 2. The number of rotatable bonds is 4. The fraction of sp³-hybridized carbons (Fsp3) is 0.389. The van der Waals surface area contributed by atoms with Crippen LogP contribution in [0.5, 0.6) is 0 Å². The van der Waals surface area contributed by atoms with E-state index in [1.807, 2.05) is 30.5 Å². The molecule has 0 aliphatic carbocycles. The number of aromatic nitrogens is 3. The number of hydrogen-bond acceptors (Lipinski definition) is 5. The highest BCUT2D eigenvalue weighted by Gasteiger charge is 2.31. The van der Waals surface area contributed by atoms with Gasteiger partial charge in [-0.05, 0) is 49.9 Å². The van der Waals surface area contributed by atoms with Crippen molar-refractivity contribution in [2.75, 3.05) is 13.2 Å². The van der Waals surface area contributed by atoms with Crippen LogP contribution in [-0.2, 0) is 4.74 Å². The standard InChI is InChI=1S/C18H20N4O3/c1-11-20-18(25-22-11)16(12-5-8-24-9-6-12)21-17(23)14-2-3-15-13(10-14)4-7-19-15/h2-4,7,10,12,16,19H,5-6,8-9H2,1H3,(H,21,23). The summed E-state index contributed by atoms with van der Waals surface area (Å²) in [5, 5.41) is 7.97. The molecule has 0 spiro atoms. The van der Waals surface area contributed by atoms with Gasteiger partial charge in [-0.15, -0.1) is 0 Å². The molecule has 7 nitrogen and oxygen atoms in total. The SMILES string of the molecule is Cc1noc(C(NC(=O)c2ccc3[nH]ccc3c2)C2CCOCC2)n1. The summed E-state index contributed by atoms with van der Waals surface area (Å²) < 4.78 is 10.8. The lowest BCUT2D eigenvalue weighted by molar-refractivity contribution is 0.0468. The van der Waals surface area contributed by atoms with Crippen molar-refractivity contribution in [3.8, 4) is 0 Å². The maximum Gasteiger partial charge on any atom is 0.251 e. The van der Waals surface area contributed by atoms with Gasteiger partial charge < -0.3 is 19.6 Å². The third-order valence-electron chi connectivity index (χ3n) is 4.65. The molecule has 1 unspecified atom stereocenters. The fourth-order valence-corrected chi connectivity index (χ4v) is 3.29. The van der Waals surface area contributed by atoms with Crippen molar-refractivity contribution < 1.29 is 14.1 Å². The number of ether oxygens (including phenoxy) is 1. The van der Waals surface area contributed by atoms with Crippen LogP contribution in [0, 0.1) is 12.8 Å². The van der Waals surface area contributed by atoms with E-state index in [1.54, 1.807) is 6.92 Å². The first-order valence-electron chi connectivity index (χ1n) is 8.46. The lowest BCUT2D eigenvalue weighted by atomic mass is 9.91. The van der Waals surface area contributed by atoms with E-state index in [9.17, 15) is 4.79 Å². The smallest absolute Gasteiger partial charge is 0.251 e. The summed E-state index contributed by atoms with van der Waals surface area (Å²) in [7, 11) is 0. The molecule has 130 valence electrons. The van der Waals surface area contributed by atoms with Crippen LogP contribution in [0.1, 0.15) is 41.0 Å². The number of carbonyl (C=O) groups excluding carboxylic acids is 1. The highest BCUT2D eigenvalue weighted by molar-refractivity contribution is 5.98. The molecule has 1 atom stereocenters. The first kappa shape index (κ1) is 15.8. The minimum Gasteiger partial charge on any atom is -0.381 e. The molecule has 2 N–H and O–H groups in total. The van der Waals surface area contributed by atoms with Crippen LogP contribution < -0.4 is 5.32 Å².